The fourth-order valence-corrected chi connectivity index (χ4v) is 2.24. The minimum Gasteiger partial charge on any atom is -0.492 e. The summed E-state index contributed by atoms with van der Waals surface area (Å²) >= 11 is 3.07. The highest BCUT2D eigenvalue weighted by Crippen LogP contribution is 2.27. The van der Waals surface area contributed by atoms with Crippen molar-refractivity contribution in [3.8, 4) is 5.75 Å². The van der Waals surface area contributed by atoms with Gasteiger partial charge >= 0.3 is 0 Å². The van der Waals surface area contributed by atoms with Crippen molar-refractivity contribution in [3.05, 3.63) is 57.8 Å². The number of halogens is 2. The zero-order chi connectivity index (χ0) is 15.4. The third-order valence-corrected chi connectivity index (χ3v) is 3.49. The molecule has 0 aromatic heterocycles. The molecule has 0 aliphatic carbocycles. The maximum atomic E-state index is 13.9. The molecule has 0 saturated heterocycles. The number of benzene rings is 2. The number of anilines is 1. The number of ether oxygens (including phenoxy) is 1. The molecule has 3 nitrogen and oxygen atoms in total. The molecule has 0 bridgehead atoms. The van der Waals surface area contributed by atoms with E-state index in [-0.39, 0.29) is 10.0 Å². The Kier molecular flexibility index (Phi) is 4.96. The summed E-state index contributed by atoms with van der Waals surface area (Å²) < 4.78 is 19.7. The smallest absolute Gasteiger partial charge is 0.258 e. The molecular formula is C16H15BrFNO2. The van der Waals surface area contributed by atoms with Crippen molar-refractivity contribution in [1.29, 1.82) is 0 Å². The van der Waals surface area contributed by atoms with Crippen molar-refractivity contribution < 1.29 is 13.9 Å². The number of hydrogen-bond donors (Lipinski definition) is 1. The van der Waals surface area contributed by atoms with Gasteiger partial charge in [-0.1, -0.05) is 12.1 Å². The molecule has 2 aromatic carbocycles. The van der Waals surface area contributed by atoms with Crippen LogP contribution in [0.4, 0.5) is 10.1 Å². The first-order valence-corrected chi connectivity index (χ1v) is 7.31. The Bertz CT molecular complexity index is 673. The van der Waals surface area contributed by atoms with E-state index in [1.54, 1.807) is 18.2 Å². The predicted molar refractivity (Wildman–Crippen MR) is 84.4 cm³/mol. The molecule has 0 spiro atoms. The molecule has 0 atom stereocenters. The Morgan fingerprint density at radius 3 is 2.81 bits per heavy atom. The first-order valence-electron chi connectivity index (χ1n) is 6.51. The van der Waals surface area contributed by atoms with Crippen molar-refractivity contribution >= 4 is 27.5 Å². The van der Waals surface area contributed by atoms with Gasteiger partial charge in [0, 0.05) is 0 Å². The zero-order valence-corrected chi connectivity index (χ0v) is 13.3. The molecule has 0 unspecified atom stereocenters. The second-order valence-corrected chi connectivity index (χ2v) is 5.34. The van der Waals surface area contributed by atoms with Gasteiger partial charge in [0.15, 0.2) is 0 Å². The van der Waals surface area contributed by atoms with Crippen LogP contribution in [-0.4, -0.2) is 12.5 Å². The Morgan fingerprint density at radius 1 is 1.33 bits per heavy atom. The second kappa shape index (κ2) is 6.72. The van der Waals surface area contributed by atoms with Crippen LogP contribution in [0.25, 0.3) is 0 Å². The minimum absolute atomic E-state index is 0.0209. The molecule has 2 aromatic rings. The lowest BCUT2D eigenvalue weighted by Gasteiger charge is -2.13. The van der Waals surface area contributed by atoms with E-state index in [1.807, 2.05) is 26.0 Å². The summed E-state index contributed by atoms with van der Waals surface area (Å²) in [6, 6.07) is 10.0. The molecule has 0 aliphatic heterocycles. The lowest BCUT2D eigenvalue weighted by atomic mass is 10.1. The highest BCUT2D eigenvalue weighted by atomic mass is 79.9. The number of carbonyl (C=O) groups is 1. The van der Waals surface area contributed by atoms with Crippen molar-refractivity contribution in [3.63, 3.8) is 0 Å². The first kappa shape index (κ1) is 15.5. The Morgan fingerprint density at radius 2 is 2.10 bits per heavy atom. The molecule has 0 radical (unpaired) electrons. The van der Waals surface area contributed by atoms with E-state index in [2.05, 4.69) is 21.2 Å². The van der Waals surface area contributed by atoms with Crippen LogP contribution in [0, 0.1) is 12.7 Å². The molecule has 5 heteroatoms. The van der Waals surface area contributed by atoms with E-state index in [9.17, 15) is 9.18 Å². The summed E-state index contributed by atoms with van der Waals surface area (Å²) in [6.45, 7) is 4.28. The summed E-state index contributed by atoms with van der Waals surface area (Å²) in [6.07, 6.45) is 0. The van der Waals surface area contributed by atoms with Crippen LogP contribution < -0.4 is 10.1 Å². The van der Waals surface area contributed by atoms with E-state index in [4.69, 9.17) is 4.74 Å². The normalized spacial score (nSPS) is 10.3. The van der Waals surface area contributed by atoms with Crippen LogP contribution >= 0.6 is 15.9 Å². The van der Waals surface area contributed by atoms with Gasteiger partial charge in [-0.2, -0.15) is 0 Å². The Balaban J connectivity index is 2.29. The van der Waals surface area contributed by atoms with Crippen molar-refractivity contribution in [2.24, 2.45) is 0 Å². The van der Waals surface area contributed by atoms with E-state index < -0.39 is 11.7 Å². The Hall–Kier alpha value is -1.88. The van der Waals surface area contributed by atoms with Crippen LogP contribution in [-0.2, 0) is 0 Å². The monoisotopic (exact) mass is 351 g/mol. The number of hydrogen-bond acceptors (Lipinski definition) is 2. The summed E-state index contributed by atoms with van der Waals surface area (Å²) in [7, 11) is 0. The molecule has 0 heterocycles. The zero-order valence-electron chi connectivity index (χ0n) is 11.7. The fourth-order valence-electron chi connectivity index (χ4n) is 1.88. The maximum absolute atomic E-state index is 13.9. The van der Waals surface area contributed by atoms with Crippen LogP contribution in [0.3, 0.4) is 0 Å². The molecule has 0 aliphatic rings. The molecule has 2 rings (SSSR count). The van der Waals surface area contributed by atoms with Gasteiger partial charge in [0.05, 0.1) is 22.3 Å². The van der Waals surface area contributed by atoms with Crippen molar-refractivity contribution in [2.75, 3.05) is 11.9 Å². The number of aryl methyl sites for hydroxylation is 1. The summed E-state index contributed by atoms with van der Waals surface area (Å²) in [5.74, 6) is -0.528. The molecule has 1 N–H and O–H groups in total. The van der Waals surface area contributed by atoms with Gasteiger partial charge < -0.3 is 10.1 Å². The lowest BCUT2D eigenvalue weighted by molar-refractivity contribution is 0.102. The Labute approximate surface area is 131 Å². The molecule has 110 valence electrons. The highest BCUT2D eigenvalue weighted by Gasteiger charge is 2.15. The predicted octanol–water partition coefficient (Wildman–Crippen LogP) is 4.55. The van der Waals surface area contributed by atoms with E-state index in [0.717, 1.165) is 5.56 Å². The van der Waals surface area contributed by atoms with Gasteiger partial charge in [-0.3, -0.25) is 4.79 Å². The third kappa shape index (κ3) is 3.61. The number of nitrogens with one attached hydrogen (secondary N) is 1. The van der Waals surface area contributed by atoms with Gasteiger partial charge in [-0.15, -0.1) is 0 Å². The summed E-state index contributed by atoms with van der Waals surface area (Å²) in [5.41, 5.74) is 1.52. The largest absolute Gasteiger partial charge is 0.492 e. The molecule has 0 fully saturated rings. The van der Waals surface area contributed by atoms with Gasteiger partial charge in [0.25, 0.3) is 5.91 Å². The number of carbonyl (C=O) groups excluding carboxylic acids is 1. The molecule has 1 amide bonds. The number of rotatable bonds is 4. The maximum Gasteiger partial charge on any atom is 0.258 e. The first-order chi connectivity index (χ1) is 10.0. The van der Waals surface area contributed by atoms with E-state index in [0.29, 0.717) is 18.0 Å². The average molecular weight is 352 g/mol. The van der Waals surface area contributed by atoms with E-state index >= 15 is 0 Å². The number of amides is 1. The second-order valence-electron chi connectivity index (χ2n) is 4.49. The summed E-state index contributed by atoms with van der Waals surface area (Å²) in [4.78, 5) is 12.2. The topological polar surface area (TPSA) is 38.3 Å². The van der Waals surface area contributed by atoms with Crippen LogP contribution in [0.1, 0.15) is 22.8 Å². The van der Waals surface area contributed by atoms with Gasteiger partial charge in [-0.05, 0) is 59.6 Å². The standard InChI is InChI=1S/C16H15BrFNO2/c1-3-21-14-9-10(2)7-8-13(14)19-16(20)11-5-4-6-12(17)15(11)18/h4-9H,3H2,1-2H3,(H,19,20). The quantitative estimate of drug-likeness (QED) is 0.877. The molecule has 0 saturated carbocycles. The average Bonchev–Trinajstić information content (AvgIpc) is 2.45. The van der Waals surface area contributed by atoms with Crippen molar-refractivity contribution in [2.45, 2.75) is 13.8 Å². The minimum atomic E-state index is -0.583. The third-order valence-electron chi connectivity index (χ3n) is 2.88. The molecular weight excluding hydrogens is 337 g/mol. The summed E-state index contributed by atoms with van der Waals surface area (Å²) in [5, 5.41) is 2.68. The molecule has 21 heavy (non-hydrogen) atoms. The lowest BCUT2D eigenvalue weighted by Crippen LogP contribution is -2.15. The van der Waals surface area contributed by atoms with Gasteiger partial charge in [0.1, 0.15) is 11.6 Å². The van der Waals surface area contributed by atoms with Crippen LogP contribution in [0.2, 0.25) is 0 Å². The van der Waals surface area contributed by atoms with E-state index in [1.165, 1.54) is 6.07 Å². The van der Waals surface area contributed by atoms with Crippen molar-refractivity contribution in [1.82, 2.24) is 0 Å². The SMILES string of the molecule is CCOc1cc(C)ccc1NC(=O)c1cccc(Br)c1F. The van der Waals surface area contributed by atoms with Crippen LogP contribution in [0.5, 0.6) is 5.75 Å². The highest BCUT2D eigenvalue weighted by molar-refractivity contribution is 9.10. The fraction of sp³-hybridized carbons (Fsp3) is 0.188. The van der Waals surface area contributed by atoms with Crippen LogP contribution in [0.15, 0.2) is 40.9 Å². The van der Waals surface area contributed by atoms with Gasteiger partial charge in [-0.25, -0.2) is 4.39 Å². The van der Waals surface area contributed by atoms with Gasteiger partial charge in [0.2, 0.25) is 0 Å².